The SMILES string of the molecule is CCc1cccc(NC(N)=NCCc2nc3ccccc3[nH]2)c1. The van der Waals surface area contributed by atoms with E-state index >= 15 is 0 Å². The number of aryl methyl sites for hydroxylation is 1. The van der Waals surface area contributed by atoms with E-state index in [9.17, 15) is 0 Å². The Balaban J connectivity index is 1.58. The Hall–Kier alpha value is -2.82. The second-order valence-corrected chi connectivity index (χ2v) is 5.40. The number of imidazole rings is 1. The molecule has 5 nitrogen and oxygen atoms in total. The molecule has 0 bridgehead atoms. The van der Waals surface area contributed by atoms with Crippen molar-refractivity contribution in [2.45, 2.75) is 19.8 Å². The molecule has 0 spiro atoms. The molecule has 0 aliphatic carbocycles. The van der Waals surface area contributed by atoms with Crippen LogP contribution in [0.3, 0.4) is 0 Å². The second-order valence-electron chi connectivity index (χ2n) is 5.40. The Morgan fingerprint density at radius 1 is 1.22 bits per heavy atom. The van der Waals surface area contributed by atoms with Gasteiger partial charge in [0.2, 0.25) is 0 Å². The lowest BCUT2D eigenvalue weighted by atomic mass is 10.1. The number of benzene rings is 2. The molecule has 118 valence electrons. The summed E-state index contributed by atoms with van der Waals surface area (Å²) < 4.78 is 0. The second kappa shape index (κ2) is 6.96. The van der Waals surface area contributed by atoms with Crippen LogP contribution >= 0.6 is 0 Å². The van der Waals surface area contributed by atoms with E-state index in [1.165, 1.54) is 5.56 Å². The number of H-pyrrole nitrogens is 1. The molecule has 0 saturated heterocycles. The van der Waals surface area contributed by atoms with Crippen molar-refractivity contribution in [2.75, 3.05) is 11.9 Å². The summed E-state index contributed by atoms with van der Waals surface area (Å²) in [6, 6.07) is 16.2. The highest BCUT2D eigenvalue weighted by molar-refractivity contribution is 5.92. The van der Waals surface area contributed by atoms with Crippen LogP contribution in [-0.4, -0.2) is 22.5 Å². The molecule has 23 heavy (non-hydrogen) atoms. The largest absolute Gasteiger partial charge is 0.370 e. The van der Waals surface area contributed by atoms with Gasteiger partial charge in [-0.2, -0.15) is 0 Å². The number of rotatable bonds is 5. The topological polar surface area (TPSA) is 79.1 Å². The van der Waals surface area contributed by atoms with Crippen LogP contribution in [0.4, 0.5) is 5.69 Å². The highest BCUT2D eigenvalue weighted by Gasteiger charge is 2.01. The average molecular weight is 307 g/mol. The Kier molecular flexibility index (Phi) is 4.57. The van der Waals surface area contributed by atoms with Crippen molar-refractivity contribution < 1.29 is 0 Å². The van der Waals surface area contributed by atoms with Gasteiger partial charge in [-0.05, 0) is 36.2 Å². The van der Waals surface area contributed by atoms with Crippen LogP contribution in [0.2, 0.25) is 0 Å². The first-order valence-electron chi connectivity index (χ1n) is 7.84. The number of anilines is 1. The van der Waals surface area contributed by atoms with E-state index in [0.717, 1.165) is 35.4 Å². The summed E-state index contributed by atoms with van der Waals surface area (Å²) in [7, 11) is 0. The molecule has 5 heteroatoms. The van der Waals surface area contributed by atoms with Crippen molar-refractivity contribution in [3.05, 3.63) is 59.9 Å². The molecule has 1 aromatic heterocycles. The number of hydrogen-bond acceptors (Lipinski definition) is 2. The van der Waals surface area contributed by atoms with Crippen molar-refractivity contribution in [3.63, 3.8) is 0 Å². The van der Waals surface area contributed by atoms with E-state index in [1.807, 2.05) is 36.4 Å². The number of aliphatic imine (C=N–C) groups is 1. The van der Waals surface area contributed by atoms with Gasteiger partial charge in [-0.15, -0.1) is 0 Å². The zero-order valence-corrected chi connectivity index (χ0v) is 13.2. The van der Waals surface area contributed by atoms with E-state index in [-0.39, 0.29) is 0 Å². The number of nitrogens with one attached hydrogen (secondary N) is 2. The summed E-state index contributed by atoms with van der Waals surface area (Å²) in [4.78, 5) is 12.2. The molecule has 0 fully saturated rings. The third-order valence-corrected chi connectivity index (χ3v) is 3.68. The first-order valence-corrected chi connectivity index (χ1v) is 7.84. The maximum atomic E-state index is 5.94. The molecule has 0 unspecified atom stereocenters. The summed E-state index contributed by atoms with van der Waals surface area (Å²) >= 11 is 0. The summed E-state index contributed by atoms with van der Waals surface area (Å²) in [5, 5.41) is 3.13. The van der Waals surface area contributed by atoms with Crippen molar-refractivity contribution in [2.24, 2.45) is 10.7 Å². The van der Waals surface area contributed by atoms with Crippen LogP contribution in [0, 0.1) is 0 Å². The number of para-hydroxylation sites is 2. The van der Waals surface area contributed by atoms with Gasteiger partial charge in [0.15, 0.2) is 5.96 Å². The number of nitrogens with zero attached hydrogens (tertiary/aromatic N) is 2. The predicted octanol–water partition coefficient (Wildman–Crippen LogP) is 3.09. The number of aromatic nitrogens is 2. The summed E-state index contributed by atoms with van der Waals surface area (Å²) in [5.41, 5.74) is 10.2. The first-order chi connectivity index (χ1) is 11.2. The fourth-order valence-corrected chi connectivity index (χ4v) is 2.46. The Morgan fingerprint density at radius 2 is 2.09 bits per heavy atom. The zero-order valence-electron chi connectivity index (χ0n) is 13.2. The quantitative estimate of drug-likeness (QED) is 0.500. The first kappa shape index (κ1) is 15.1. The monoisotopic (exact) mass is 307 g/mol. The van der Waals surface area contributed by atoms with Gasteiger partial charge in [-0.1, -0.05) is 31.2 Å². The molecule has 0 atom stereocenters. The van der Waals surface area contributed by atoms with Crippen molar-refractivity contribution in [1.29, 1.82) is 0 Å². The molecule has 0 aliphatic rings. The van der Waals surface area contributed by atoms with Crippen molar-refractivity contribution in [1.82, 2.24) is 9.97 Å². The molecule has 0 saturated carbocycles. The standard InChI is InChI=1S/C18H21N5/c1-2-13-6-5-7-14(12-13)21-18(19)20-11-10-17-22-15-8-3-4-9-16(15)23-17/h3-9,12H,2,10-11H2,1H3,(H,22,23)(H3,19,20,21). The molecular formula is C18H21N5. The van der Waals surface area contributed by atoms with Crippen molar-refractivity contribution in [3.8, 4) is 0 Å². The number of hydrogen-bond donors (Lipinski definition) is 3. The summed E-state index contributed by atoms with van der Waals surface area (Å²) in [5.74, 6) is 1.35. The van der Waals surface area contributed by atoms with Crippen LogP contribution < -0.4 is 11.1 Å². The molecule has 2 aromatic carbocycles. The van der Waals surface area contributed by atoms with Gasteiger partial charge in [0.05, 0.1) is 11.0 Å². The molecular weight excluding hydrogens is 286 g/mol. The van der Waals surface area contributed by atoms with E-state index in [4.69, 9.17) is 5.73 Å². The minimum absolute atomic E-state index is 0.425. The molecule has 3 rings (SSSR count). The summed E-state index contributed by atoms with van der Waals surface area (Å²) in [6.45, 7) is 2.72. The molecule has 1 heterocycles. The van der Waals surface area contributed by atoms with E-state index in [0.29, 0.717) is 12.5 Å². The Bertz CT molecular complexity index is 786. The van der Waals surface area contributed by atoms with Gasteiger partial charge in [0.25, 0.3) is 0 Å². The highest BCUT2D eigenvalue weighted by atomic mass is 15.1. The Morgan fingerprint density at radius 3 is 2.91 bits per heavy atom. The van der Waals surface area contributed by atoms with E-state index in [2.05, 4.69) is 39.3 Å². The maximum absolute atomic E-state index is 5.94. The predicted molar refractivity (Wildman–Crippen MR) is 95.7 cm³/mol. The smallest absolute Gasteiger partial charge is 0.193 e. The van der Waals surface area contributed by atoms with Gasteiger partial charge in [-0.25, -0.2) is 4.98 Å². The molecule has 0 amide bonds. The zero-order chi connectivity index (χ0) is 16.1. The van der Waals surface area contributed by atoms with Gasteiger partial charge in [0, 0.05) is 18.7 Å². The lowest BCUT2D eigenvalue weighted by molar-refractivity contribution is 0.898. The summed E-state index contributed by atoms with van der Waals surface area (Å²) in [6.07, 6.45) is 1.73. The number of aromatic amines is 1. The third kappa shape index (κ3) is 3.88. The van der Waals surface area contributed by atoms with Crippen molar-refractivity contribution >= 4 is 22.7 Å². The van der Waals surface area contributed by atoms with Gasteiger partial charge < -0.3 is 16.0 Å². The van der Waals surface area contributed by atoms with E-state index < -0.39 is 0 Å². The van der Waals surface area contributed by atoms with Crippen LogP contribution in [0.1, 0.15) is 18.3 Å². The Labute approximate surface area is 135 Å². The lowest BCUT2D eigenvalue weighted by Gasteiger charge is -2.06. The van der Waals surface area contributed by atoms with Crippen LogP contribution in [0.25, 0.3) is 11.0 Å². The average Bonchev–Trinajstić information content (AvgIpc) is 2.97. The fourth-order valence-electron chi connectivity index (χ4n) is 2.46. The highest BCUT2D eigenvalue weighted by Crippen LogP contribution is 2.11. The fraction of sp³-hybridized carbons (Fsp3) is 0.222. The van der Waals surface area contributed by atoms with Gasteiger partial charge in [-0.3, -0.25) is 4.99 Å². The van der Waals surface area contributed by atoms with Gasteiger partial charge >= 0.3 is 0 Å². The van der Waals surface area contributed by atoms with E-state index in [1.54, 1.807) is 0 Å². The number of guanidine groups is 1. The number of fused-ring (bicyclic) bond motifs is 1. The minimum Gasteiger partial charge on any atom is -0.370 e. The molecule has 3 aromatic rings. The lowest BCUT2D eigenvalue weighted by Crippen LogP contribution is -2.23. The third-order valence-electron chi connectivity index (χ3n) is 3.68. The molecule has 4 N–H and O–H groups in total. The minimum atomic E-state index is 0.425. The maximum Gasteiger partial charge on any atom is 0.193 e. The van der Waals surface area contributed by atoms with Gasteiger partial charge in [0.1, 0.15) is 5.82 Å². The molecule has 0 radical (unpaired) electrons. The molecule has 0 aliphatic heterocycles. The van der Waals surface area contributed by atoms with Crippen LogP contribution in [-0.2, 0) is 12.8 Å². The normalized spacial score (nSPS) is 11.8. The van der Waals surface area contributed by atoms with Crippen LogP contribution in [0.5, 0.6) is 0 Å². The number of nitrogens with two attached hydrogens (primary N) is 1. The van der Waals surface area contributed by atoms with Crippen LogP contribution in [0.15, 0.2) is 53.5 Å².